The van der Waals surface area contributed by atoms with Gasteiger partial charge in [0.15, 0.2) is 5.75 Å². The SMILES string of the molecule is CCCn1cc(O)c(-c2ccc(C)cc2)n1. The van der Waals surface area contributed by atoms with Gasteiger partial charge in [0, 0.05) is 12.1 Å². The van der Waals surface area contributed by atoms with E-state index in [0.29, 0.717) is 5.69 Å². The van der Waals surface area contributed by atoms with E-state index in [-0.39, 0.29) is 5.75 Å². The molecule has 1 N–H and O–H groups in total. The molecule has 0 atom stereocenters. The maximum atomic E-state index is 9.80. The van der Waals surface area contributed by atoms with Crippen molar-refractivity contribution in [1.29, 1.82) is 0 Å². The van der Waals surface area contributed by atoms with Crippen molar-refractivity contribution >= 4 is 0 Å². The second kappa shape index (κ2) is 4.39. The van der Waals surface area contributed by atoms with E-state index < -0.39 is 0 Å². The smallest absolute Gasteiger partial charge is 0.161 e. The van der Waals surface area contributed by atoms with Crippen LogP contribution in [0, 0.1) is 6.92 Å². The molecule has 0 unspecified atom stereocenters. The standard InChI is InChI=1S/C13H16N2O/c1-3-8-15-9-12(16)13(14-15)11-6-4-10(2)5-7-11/h4-7,9,16H,3,8H2,1-2H3. The van der Waals surface area contributed by atoms with Gasteiger partial charge in [-0.05, 0) is 13.3 Å². The van der Waals surface area contributed by atoms with E-state index in [9.17, 15) is 5.11 Å². The molecule has 0 aliphatic heterocycles. The van der Waals surface area contributed by atoms with Gasteiger partial charge in [0.2, 0.25) is 0 Å². The molecule has 0 spiro atoms. The summed E-state index contributed by atoms with van der Waals surface area (Å²) in [6, 6.07) is 8.00. The molecule has 1 aromatic heterocycles. The molecule has 2 aromatic rings. The van der Waals surface area contributed by atoms with Gasteiger partial charge in [-0.25, -0.2) is 0 Å². The zero-order valence-electron chi connectivity index (χ0n) is 9.64. The molecule has 1 heterocycles. The number of aromatic hydroxyl groups is 1. The van der Waals surface area contributed by atoms with Gasteiger partial charge in [-0.1, -0.05) is 36.8 Å². The molecule has 0 amide bonds. The van der Waals surface area contributed by atoms with Crippen LogP contribution < -0.4 is 0 Å². The average molecular weight is 216 g/mol. The Morgan fingerprint density at radius 1 is 1.25 bits per heavy atom. The molecule has 0 saturated heterocycles. The van der Waals surface area contributed by atoms with E-state index in [0.717, 1.165) is 18.5 Å². The minimum atomic E-state index is 0.248. The summed E-state index contributed by atoms with van der Waals surface area (Å²) in [6.45, 7) is 4.96. The van der Waals surface area contributed by atoms with E-state index in [4.69, 9.17) is 0 Å². The Kier molecular flexibility index (Phi) is 2.95. The van der Waals surface area contributed by atoms with Crippen LogP contribution in [0.4, 0.5) is 0 Å². The van der Waals surface area contributed by atoms with Crippen molar-refractivity contribution in [3.8, 4) is 17.0 Å². The van der Waals surface area contributed by atoms with Crippen LogP contribution in [-0.2, 0) is 6.54 Å². The van der Waals surface area contributed by atoms with E-state index in [1.165, 1.54) is 5.56 Å². The first-order chi connectivity index (χ1) is 7.70. The molecule has 0 aliphatic carbocycles. The van der Waals surface area contributed by atoms with E-state index in [1.807, 2.05) is 31.2 Å². The van der Waals surface area contributed by atoms with Crippen molar-refractivity contribution < 1.29 is 5.11 Å². The van der Waals surface area contributed by atoms with Crippen molar-refractivity contribution in [2.24, 2.45) is 0 Å². The Hall–Kier alpha value is -1.77. The summed E-state index contributed by atoms with van der Waals surface area (Å²) in [6.07, 6.45) is 2.69. The van der Waals surface area contributed by atoms with Gasteiger partial charge in [0.25, 0.3) is 0 Å². The van der Waals surface area contributed by atoms with Crippen molar-refractivity contribution in [3.63, 3.8) is 0 Å². The van der Waals surface area contributed by atoms with Crippen molar-refractivity contribution in [3.05, 3.63) is 36.0 Å². The molecule has 0 radical (unpaired) electrons. The highest BCUT2D eigenvalue weighted by atomic mass is 16.3. The second-order valence-corrected chi connectivity index (χ2v) is 3.99. The van der Waals surface area contributed by atoms with Gasteiger partial charge in [-0.3, -0.25) is 4.68 Å². The highest BCUT2D eigenvalue weighted by molar-refractivity contribution is 5.65. The first kappa shape index (κ1) is 10.7. The summed E-state index contributed by atoms with van der Waals surface area (Å²) in [5, 5.41) is 14.2. The largest absolute Gasteiger partial charge is 0.504 e. The summed E-state index contributed by atoms with van der Waals surface area (Å²) in [4.78, 5) is 0. The van der Waals surface area contributed by atoms with Crippen molar-refractivity contribution in [2.75, 3.05) is 0 Å². The number of hydrogen-bond donors (Lipinski definition) is 1. The van der Waals surface area contributed by atoms with Gasteiger partial charge >= 0.3 is 0 Å². The third-order valence-corrected chi connectivity index (χ3v) is 2.52. The highest BCUT2D eigenvalue weighted by Gasteiger charge is 2.09. The van der Waals surface area contributed by atoms with E-state index >= 15 is 0 Å². The van der Waals surface area contributed by atoms with Crippen LogP contribution in [0.25, 0.3) is 11.3 Å². The second-order valence-electron chi connectivity index (χ2n) is 3.99. The molecule has 0 aliphatic rings. The molecule has 0 saturated carbocycles. The Morgan fingerprint density at radius 2 is 1.94 bits per heavy atom. The lowest BCUT2D eigenvalue weighted by molar-refractivity contribution is 0.474. The fourth-order valence-corrected chi connectivity index (χ4v) is 1.67. The van der Waals surface area contributed by atoms with E-state index in [2.05, 4.69) is 12.0 Å². The lowest BCUT2D eigenvalue weighted by Crippen LogP contribution is -1.96. The molecule has 1 aromatic carbocycles. The Balaban J connectivity index is 2.36. The topological polar surface area (TPSA) is 38.0 Å². The number of benzene rings is 1. The summed E-state index contributed by atoms with van der Waals surface area (Å²) in [7, 11) is 0. The van der Waals surface area contributed by atoms with Gasteiger partial charge in [0.05, 0.1) is 6.20 Å². The lowest BCUT2D eigenvalue weighted by atomic mass is 10.1. The van der Waals surface area contributed by atoms with Crippen LogP contribution in [0.5, 0.6) is 5.75 Å². The average Bonchev–Trinajstić information content (AvgIpc) is 2.61. The summed E-state index contributed by atoms with van der Waals surface area (Å²) >= 11 is 0. The van der Waals surface area contributed by atoms with Crippen LogP contribution in [0.15, 0.2) is 30.5 Å². The Morgan fingerprint density at radius 3 is 2.56 bits per heavy atom. The number of hydrogen-bond acceptors (Lipinski definition) is 2. The first-order valence-electron chi connectivity index (χ1n) is 5.54. The van der Waals surface area contributed by atoms with Crippen LogP contribution in [0.1, 0.15) is 18.9 Å². The fraction of sp³-hybridized carbons (Fsp3) is 0.308. The molecule has 2 rings (SSSR count). The monoisotopic (exact) mass is 216 g/mol. The van der Waals surface area contributed by atoms with Gasteiger partial charge < -0.3 is 5.11 Å². The quantitative estimate of drug-likeness (QED) is 0.856. The van der Waals surface area contributed by atoms with Gasteiger partial charge in [0.1, 0.15) is 5.69 Å². The van der Waals surface area contributed by atoms with Crippen molar-refractivity contribution in [1.82, 2.24) is 9.78 Å². The number of aryl methyl sites for hydroxylation is 2. The summed E-state index contributed by atoms with van der Waals surface area (Å²) < 4.78 is 1.78. The molecule has 3 heteroatoms. The van der Waals surface area contributed by atoms with Gasteiger partial charge in [-0.15, -0.1) is 0 Å². The van der Waals surface area contributed by atoms with Crippen LogP contribution in [-0.4, -0.2) is 14.9 Å². The van der Waals surface area contributed by atoms with Gasteiger partial charge in [-0.2, -0.15) is 5.10 Å². The molecule has 0 bridgehead atoms. The molecular formula is C13H16N2O. The maximum Gasteiger partial charge on any atom is 0.161 e. The van der Waals surface area contributed by atoms with Crippen molar-refractivity contribution in [2.45, 2.75) is 26.8 Å². The third-order valence-electron chi connectivity index (χ3n) is 2.52. The molecular weight excluding hydrogens is 200 g/mol. The highest BCUT2D eigenvalue weighted by Crippen LogP contribution is 2.27. The molecule has 16 heavy (non-hydrogen) atoms. The predicted octanol–water partition coefficient (Wildman–Crippen LogP) is 2.97. The minimum absolute atomic E-state index is 0.248. The van der Waals surface area contributed by atoms with E-state index in [1.54, 1.807) is 10.9 Å². The minimum Gasteiger partial charge on any atom is -0.504 e. The Bertz CT molecular complexity index is 471. The molecule has 84 valence electrons. The van der Waals surface area contributed by atoms with Crippen LogP contribution >= 0.6 is 0 Å². The summed E-state index contributed by atoms with van der Waals surface area (Å²) in [5.74, 6) is 0.248. The van der Waals surface area contributed by atoms with Crippen LogP contribution in [0.3, 0.4) is 0 Å². The molecule has 3 nitrogen and oxygen atoms in total. The predicted molar refractivity (Wildman–Crippen MR) is 64.4 cm³/mol. The third kappa shape index (κ3) is 2.08. The zero-order chi connectivity index (χ0) is 11.5. The lowest BCUT2D eigenvalue weighted by Gasteiger charge is -1.98. The normalized spacial score (nSPS) is 10.6. The first-order valence-corrected chi connectivity index (χ1v) is 5.54. The fourth-order valence-electron chi connectivity index (χ4n) is 1.67. The maximum absolute atomic E-state index is 9.80. The number of rotatable bonds is 3. The number of nitrogens with zero attached hydrogens (tertiary/aromatic N) is 2. The zero-order valence-corrected chi connectivity index (χ0v) is 9.64. The number of aromatic nitrogens is 2. The van der Waals surface area contributed by atoms with Crippen LogP contribution in [0.2, 0.25) is 0 Å². The Labute approximate surface area is 95.3 Å². The summed E-state index contributed by atoms with van der Waals surface area (Å²) in [5.41, 5.74) is 2.82. The molecule has 0 fully saturated rings.